The Hall–Kier alpha value is -2.63. The van der Waals surface area contributed by atoms with Crippen LogP contribution in [0, 0.1) is 11.6 Å². The molecule has 4 nitrogen and oxygen atoms in total. The molecule has 2 aromatic carbocycles. The number of nitrogens with zero attached hydrogens (tertiary/aromatic N) is 1. The fourth-order valence-corrected chi connectivity index (χ4v) is 1.91. The number of benzene rings is 2. The lowest BCUT2D eigenvalue weighted by Gasteiger charge is -2.18. The van der Waals surface area contributed by atoms with Gasteiger partial charge < -0.3 is 15.0 Å². The fraction of sp³-hybridized carbons (Fsp3) is 0.188. The maximum atomic E-state index is 13.6. The van der Waals surface area contributed by atoms with E-state index in [1.54, 1.807) is 13.1 Å². The molecule has 2 amide bonds. The lowest BCUT2D eigenvalue weighted by molar-refractivity contribution is 0.220. The molecule has 1 N–H and O–H groups in total. The Kier molecular flexibility index (Phi) is 4.93. The van der Waals surface area contributed by atoms with Crippen molar-refractivity contribution in [3.63, 3.8) is 0 Å². The molecule has 0 bridgehead atoms. The van der Waals surface area contributed by atoms with Crippen LogP contribution in [-0.4, -0.2) is 25.1 Å². The lowest BCUT2D eigenvalue weighted by Crippen LogP contribution is -2.30. The van der Waals surface area contributed by atoms with Gasteiger partial charge in [-0.05, 0) is 42.0 Å². The van der Waals surface area contributed by atoms with E-state index in [4.69, 9.17) is 4.74 Å². The molecule has 0 atom stereocenters. The van der Waals surface area contributed by atoms with E-state index >= 15 is 0 Å². The number of carbonyl (C=O) groups excluding carboxylic acids is 1. The summed E-state index contributed by atoms with van der Waals surface area (Å²) in [6.45, 7) is 0.230. The SMILES string of the molecule is COc1ccc(CN(C)C(=O)Nc2ccc(F)cc2)cc1F. The highest BCUT2D eigenvalue weighted by Crippen LogP contribution is 2.18. The molecule has 0 radical (unpaired) electrons. The third kappa shape index (κ3) is 3.94. The Morgan fingerprint density at radius 3 is 2.45 bits per heavy atom. The minimum atomic E-state index is -0.479. The van der Waals surface area contributed by atoms with Gasteiger partial charge >= 0.3 is 6.03 Å². The van der Waals surface area contributed by atoms with Crippen LogP contribution in [0.15, 0.2) is 42.5 Å². The van der Waals surface area contributed by atoms with Crippen molar-refractivity contribution in [2.24, 2.45) is 0 Å². The quantitative estimate of drug-likeness (QED) is 0.937. The third-order valence-electron chi connectivity index (χ3n) is 3.08. The van der Waals surface area contributed by atoms with E-state index in [0.29, 0.717) is 11.3 Å². The van der Waals surface area contributed by atoms with Crippen molar-refractivity contribution in [1.82, 2.24) is 4.90 Å². The van der Waals surface area contributed by atoms with Gasteiger partial charge in [0, 0.05) is 19.3 Å². The van der Waals surface area contributed by atoms with Gasteiger partial charge in [0.15, 0.2) is 11.6 Å². The molecule has 0 aliphatic rings. The fourth-order valence-electron chi connectivity index (χ4n) is 1.91. The highest BCUT2D eigenvalue weighted by molar-refractivity contribution is 5.89. The first-order chi connectivity index (χ1) is 10.5. The molecular formula is C16H16F2N2O2. The van der Waals surface area contributed by atoms with Crippen molar-refractivity contribution >= 4 is 11.7 Å². The number of rotatable bonds is 4. The van der Waals surface area contributed by atoms with Gasteiger partial charge in [0.25, 0.3) is 0 Å². The molecule has 2 rings (SSSR count). The van der Waals surface area contributed by atoms with Crippen molar-refractivity contribution in [3.05, 3.63) is 59.7 Å². The Morgan fingerprint density at radius 2 is 1.86 bits per heavy atom. The van der Waals surface area contributed by atoms with Crippen LogP contribution >= 0.6 is 0 Å². The molecular weight excluding hydrogens is 290 g/mol. The minimum absolute atomic E-state index is 0.155. The highest BCUT2D eigenvalue weighted by Gasteiger charge is 2.11. The maximum absolute atomic E-state index is 13.6. The zero-order valence-corrected chi connectivity index (χ0v) is 12.3. The summed E-state index contributed by atoms with van der Waals surface area (Å²) in [5.41, 5.74) is 1.12. The second kappa shape index (κ2) is 6.89. The van der Waals surface area contributed by atoms with Crippen LogP contribution in [0.2, 0.25) is 0 Å². The first kappa shape index (κ1) is 15.8. The number of ether oxygens (including phenoxy) is 1. The summed E-state index contributed by atoms with van der Waals surface area (Å²) in [7, 11) is 2.97. The normalized spacial score (nSPS) is 10.2. The van der Waals surface area contributed by atoms with Gasteiger partial charge in [-0.15, -0.1) is 0 Å². The third-order valence-corrected chi connectivity index (χ3v) is 3.08. The van der Waals surface area contributed by atoms with Gasteiger partial charge in [-0.25, -0.2) is 13.6 Å². The zero-order chi connectivity index (χ0) is 16.1. The Bertz CT molecular complexity index is 660. The molecule has 0 spiro atoms. The molecule has 0 saturated heterocycles. The molecule has 2 aromatic rings. The smallest absolute Gasteiger partial charge is 0.321 e. The van der Waals surface area contributed by atoms with Crippen LogP contribution in [0.3, 0.4) is 0 Å². The van der Waals surface area contributed by atoms with Gasteiger partial charge in [-0.3, -0.25) is 0 Å². The average Bonchev–Trinajstić information content (AvgIpc) is 2.49. The van der Waals surface area contributed by atoms with Gasteiger partial charge in [0.1, 0.15) is 5.82 Å². The topological polar surface area (TPSA) is 41.6 Å². The number of hydrogen-bond acceptors (Lipinski definition) is 2. The molecule has 0 saturated carbocycles. The Balaban J connectivity index is 1.99. The molecule has 22 heavy (non-hydrogen) atoms. The Labute approximate surface area is 127 Å². The van der Waals surface area contributed by atoms with Gasteiger partial charge in [-0.2, -0.15) is 0 Å². The molecule has 0 aromatic heterocycles. The molecule has 6 heteroatoms. The van der Waals surface area contributed by atoms with E-state index in [1.165, 1.54) is 48.4 Å². The van der Waals surface area contributed by atoms with Crippen LogP contribution in [0.25, 0.3) is 0 Å². The monoisotopic (exact) mass is 306 g/mol. The minimum Gasteiger partial charge on any atom is -0.494 e. The van der Waals surface area contributed by atoms with E-state index in [-0.39, 0.29) is 24.1 Å². The van der Waals surface area contributed by atoms with Crippen LogP contribution < -0.4 is 10.1 Å². The molecule has 0 fully saturated rings. The number of methoxy groups -OCH3 is 1. The summed E-state index contributed by atoms with van der Waals surface area (Å²) >= 11 is 0. The van der Waals surface area contributed by atoms with Crippen molar-refractivity contribution in [2.45, 2.75) is 6.54 Å². The van der Waals surface area contributed by atoms with E-state index < -0.39 is 5.82 Å². The summed E-state index contributed by atoms with van der Waals surface area (Å²) in [6.07, 6.45) is 0. The van der Waals surface area contributed by atoms with Gasteiger partial charge in [0.2, 0.25) is 0 Å². The van der Waals surface area contributed by atoms with E-state index in [0.717, 1.165) is 0 Å². The second-order valence-electron chi connectivity index (χ2n) is 4.76. The summed E-state index contributed by atoms with van der Waals surface area (Å²) in [6, 6.07) is 9.59. The summed E-state index contributed by atoms with van der Waals surface area (Å²) < 4.78 is 31.3. The number of nitrogens with one attached hydrogen (secondary N) is 1. The van der Waals surface area contributed by atoms with Crippen LogP contribution in [-0.2, 0) is 6.54 Å². The standard InChI is InChI=1S/C16H16F2N2O2/c1-20(10-11-3-8-15(22-2)14(18)9-11)16(21)19-13-6-4-12(17)5-7-13/h3-9H,10H2,1-2H3,(H,19,21). The number of urea groups is 1. The van der Waals surface area contributed by atoms with Gasteiger partial charge in [-0.1, -0.05) is 6.07 Å². The lowest BCUT2D eigenvalue weighted by atomic mass is 10.2. The van der Waals surface area contributed by atoms with Gasteiger partial charge in [0.05, 0.1) is 7.11 Å². The predicted molar refractivity (Wildman–Crippen MR) is 79.8 cm³/mol. The zero-order valence-electron chi connectivity index (χ0n) is 12.3. The highest BCUT2D eigenvalue weighted by atomic mass is 19.1. The van der Waals surface area contributed by atoms with Crippen molar-refractivity contribution in [2.75, 3.05) is 19.5 Å². The molecule has 0 aliphatic heterocycles. The number of hydrogen-bond donors (Lipinski definition) is 1. The average molecular weight is 306 g/mol. The van der Waals surface area contributed by atoms with Crippen molar-refractivity contribution < 1.29 is 18.3 Å². The Morgan fingerprint density at radius 1 is 1.18 bits per heavy atom. The number of amides is 2. The number of anilines is 1. The second-order valence-corrected chi connectivity index (χ2v) is 4.76. The summed E-state index contributed by atoms with van der Waals surface area (Å²) in [5, 5.41) is 2.63. The molecule has 116 valence electrons. The van der Waals surface area contributed by atoms with Crippen molar-refractivity contribution in [1.29, 1.82) is 0 Å². The predicted octanol–water partition coefficient (Wildman–Crippen LogP) is 3.64. The van der Waals surface area contributed by atoms with E-state index in [1.807, 2.05) is 0 Å². The van der Waals surface area contributed by atoms with Crippen molar-refractivity contribution in [3.8, 4) is 5.75 Å². The molecule has 0 aliphatic carbocycles. The summed E-state index contributed by atoms with van der Waals surface area (Å²) in [4.78, 5) is 13.4. The number of carbonyl (C=O) groups is 1. The van der Waals surface area contributed by atoms with E-state index in [2.05, 4.69) is 5.32 Å². The van der Waals surface area contributed by atoms with Crippen LogP contribution in [0.4, 0.5) is 19.3 Å². The molecule has 0 heterocycles. The number of halogens is 2. The maximum Gasteiger partial charge on any atom is 0.321 e. The molecule has 0 unspecified atom stereocenters. The largest absolute Gasteiger partial charge is 0.494 e. The first-order valence-corrected chi connectivity index (χ1v) is 6.59. The summed E-state index contributed by atoms with van der Waals surface area (Å²) in [5.74, 6) is -0.699. The van der Waals surface area contributed by atoms with Crippen LogP contribution in [0.5, 0.6) is 5.75 Å². The van der Waals surface area contributed by atoms with E-state index in [9.17, 15) is 13.6 Å². The first-order valence-electron chi connectivity index (χ1n) is 6.59. The van der Waals surface area contributed by atoms with Crippen LogP contribution in [0.1, 0.15) is 5.56 Å².